The number of anilines is 1. The Bertz CT molecular complexity index is 1070. The van der Waals surface area contributed by atoms with Gasteiger partial charge < -0.3 is 10.1 Å². The summed E-state index contributed by atoms with van der Waals surface area (Å²) >= 11 is 2.86. The lowest BCUT2D eigenvalue weighted by atomic mass is 10.1. The zero-order valence-corrected chi connectivity index (χ0v) is 18.9. The molecule has 0 fully saturated rings. The van der Waals surface area contributed by atoms with E-state index in [9.17, 15) is 10.1 Å². The first-order valence-electron chi connectivity index (χ1n) is 9.84. The maximum atomic E-state index is 12.3. The van der Waals surface area contributed by atoms with Gasteiger partial charge in [0.1, 0.15) is 16.8 Å². The molecule has 30 heavy (non-hydrogen) atoms. The van der Waals surface area contributed by atoms with Gasteiger partial charge in [-0.15, -0.1) is 11.8 Å². The lowest BCUT2D eigenvalue weighted by molar-refractivity contribution is -0.115. The first-order chi connectivity index (χ1) is 14.5. The van der Waals surface area contributed by atoms with Crippen LogP contribution in [0.5, 0.6) is 5.75 Å². The highest BCUT2D eigenvalue weighted by molar-refractivity contribution is 7.99. The number of nitrogens with one attached hydrogen (secondary N) is 1. The summed E-state index contributed by atoms with van der Waals surface area (Å²) in [5, 5.41) is 13.4. The Morgan fingerprint density at radius 1 is 1.30 bits per heavy atom. The van der Waals surface area contributed by atoms with Gasteiger partial charge in [-0.05, 0) is 49.6 Å². The molecule has 6 nitrogen and oxygen atoms in total. The number of nitrogens with zero attached hydrogens (tertiary/aromatic N) is 3. The number of thioether (sulfide) groups is 1. The van der Waals surface area contributed by atoms with E-state index in [-0.39, 0.29) is 5.91 Å². The number of hydrogen-bond acceptors (Lipinski definition) is 7. The van der Waals surface area contributed by atoms with Gasteiger partial charge in [-0.2, -0.15) is 5.26 Å². The van der Waals surface area contributed by atoms with Crippen molar-refractivity contribution in [1.82, 2.24) is 9.97 Å². The Morgan fingerprint density at radius 3 is 2.87 bits per heavy atom. The highest BCUT2D eigenvalue weighted by atomic mass is 32.2. The summed E-state index contributed by atoms with van der Waals surface area (Å²) in [7, 11) is 0. The molecule has 0 saturated heterocycles. The van der Waals surface area contributed by atoms with Crippen LogP contribution in [0.4, 0.5) is 5.13 Å². The highest BCUT2D eigenvalue weighted by Gasteiger charge is 2.11. The second-order valence-corrected chi connectivity index (χ2v) is 9.21. The van der Waals surface area contributed by atoms with E-state index in [0.29, 0.717) is 40.4 Å². The van der Waals surface area contributed by atoms with E-state index in [1.807, 2.05) is 37.3 Å². The Balaban J connectivity index is 1.57. The van der Waals surface area contributed by atoms with Crippen molar-refractivity contribution < 1.29 is 9.53 Å². The van der Waals surface area contributed by atoms with Crippen molar-refractivity contribution in [1.29, 1.82) is 5.26 Å². The third-order valence-corrected chi connectivity index (χ3v) is 6.07. The number of nitriles is 1. The standard InChI is InChI=1S/C22H24N4O2S2/c1-4-28-17-7-8-18-19(12-17)30-22(25-18)26-20(27)9-10-29-21-15(13-23)5-6-16(24-21)11-14(2)3/h5-8,12,14H,4,9-11H2,1-3H3,(H,25,26,27). The summed E-state index contributed by atoms with van der Waals surface area (Å²) in [5.74, 6) is 1.72. The predicted molar refractivity (Wildman–Crippen MR) is 122 cm³/mol. The number of pyridine rings is 1. The van der Waals surface area contributed by atoms with Gasteiger partial charge >= 0.3 is 0 Å². The summed E-state index contributed by atoms with van der Waals surface area (Å²) in [6, 6.07) is 11.6. The molecule has 0 bridgehead atoms. The molecular weight excluding hydrogens is 416 g/mol. The van der Waals surface area contributed by atoms with Gasteiger partial charge in [0.2, 0.25) is 5.91 Å². The zero-order chi connectivity index (χ0) is 21.5. The van der Waals surface area contributed by atoms with Gasteiger partial charge in [0.25, 0.3) is 0 Å². The summed E-state index contributed by atoms with van der Waals surface area (Å²) in [5.41, 5.74) is 2.35. The second-order valence-electron chi connectivity index (χ2n) is 7.09. The monoisotopic (exact) mass is 440 g/mol. The molecule has 0 atom stereocenters. The Hall–Kier alpha value is -2.63. The van der Waals surface area contributed by atoms with Crippen LogP contribution in [0.2, 0.25) is 0 Å². The molecule has 1 aromatic carbocycles. The molecular formula is C22H24N4O2S2. The molecule has 156 valence electrons. The van der Waals surface area contributed by atoms with Crippen LogP contribution in [0.3, 0.4) is 0 Å². The van der Waals surface area contributed by atoms with Crippen molar-refractivity contribution in [3.8, 4) is 11.8 Å². The van der Waals surface area contributed by atoms with E-state index in [1.54, 1.807) is 0 Å². The number of carbonyl (C=O) groups excluding carboxylic acids is 1. The molecule has 0 aliphatic carbocycles. The van der Waals surface area contributed by atoms with Crippen LogP contribution in [0.15, 0.2) is 35.4 Å². The van der Waals surface area contributed by atoms with Gasteiger partial charge in [-0.1, -0.05) is 25.2 Å². The molecule has 0 unspecified atom stereocenters. The van der Waals surface area contributed by atoms with Crippen LogP contribution in [0, 0.1) is 17.2 Å². The molecule has 1 N–H and O–H groups in total. The van der Waals surface area contributed by atoms with E-state index in [1.165, 1.54) is 23.1 Å². The van der Waals surface area contributed by atoms with Gasteiger partial charge in [0.05, 0.1) is 22.4 Å². The number of thiazole rings is 1. The smallest absolute Gasteiger partial charge is 0.226 e. The minimum absolute atomic E-state index is 0.108. The molecule has 2 heterocycles. The lowest BCUT2D eigenvalue weighted by Crippen LogP contribution is -2.12. The quantitative estimate of drug-likeness (QED) is 0.455. The van der Waals surface area contributed by atoms with E-state index in [0.717, 1.165) is 28.1 Å². The van der Waals surface area contributed by atoms with Gasteiger partial charge in [-0.25, -0.2) is 9.97 Å². The second kappa shape index (κ2) is 10.4. The number of aromatic nitrogens is 2. The number of carbonyl (C=O) groups is 1. The highest BCUT2D eigenvalue weighted by Crippen LogP contribution is 2.29. The predicted octanol–water partition coefficient (Wildman–Crippen LogP) is 5.28. The molecule has 0 aliphatic heterocycles. The number of fused-ring (bicyclic) bond motifs is 1. The van der Waals surface area contributed by atoms with Crippen LogP contribution in [-0.2, 0) is 11.2 Å². The van der Waals surface area contributed by atoms with Gasteiger partial charge in [0.15, 0.2) is 5.13 Å². The summed E-state index contributed by atoms with van der Waals surface area (Å²) < 4.78 is 6.48. The molecule has 3 aromatic rings. The molecule has 3 rings (SSSR count). The number of benzene rings is 1. The van der Waals surface area contributed by atoms with Crippen LogP contribution in [0.1, 0.15) is 38.4 Å². The first-order valence-corrected chi connectivity index (χ1v) is 11.6. The van der Waals surface area contributed by atoms with Crippen LogP contribution in [0.25, 0.3) is 10.2 Å². The number of hydrogen-bond donors (Lipinski definition) is 1. The Morgan fingerprint density at radius 2 is 2.13 bits per heavy atom. The molecule has 2 aromatic heterocycles. The lowest BCUT2D eigenvalue weighted by Gasteiger charge is -2.08. The summed E-state index contributed by atoms with van der Waals surface area (Å²) in [6.07, 6.45) is 1.17. The largest absolute Gasteiger partial charge is 0.494 e. The van der Waals surface area contributed by atoms with Crippen LogP contribution >= 0.6 is 23.1 Å². The number of rotatable bonds is 9. The van der Waals surface area contributed by atoms with E-state index in [4.69, 9.17) is 4.74 Å². The SMILES string of the molecule is CCOc1ccc2nc(NC(=O)CCSc3nc(CC(C)C)ccc3C#N)sc2c1. The van der Waals surface area contributed by atoms with Gasteiger partial charge in [0, 0.05) is 17.9 Å². The number of ether oxygens (including phenoxy) is 1. The van der Waals surface area contributed by atoms with Crippen molar-refractivity contribution >= 4 is 44.4 Å². The van der Waals surface area contributed by atoms with Crippen molar-refractivity contribution in [2.75, 3.05) is 17.7 Å². The van der Waals surface area contributed by atoms with E-state index >= 15 is 0 Å². The summed E-state index contributed by atoms with van der Waals surface area (Å²) in [4.78, 5) is 21.4. The topological polar surface area (TPSA) is 87.9 Å². The number of amides is 1. The van der Waals surface area contributed by atoms with Crippen LogP contribution in [-0.4, -0.2) is 28.2 Å². The minimum atomic E-state index is -0.108. The maximum Gasteiger partial charge on any atom is 0.226 e. The fourth-order valence-corrected chi connectivity index (χ4v) is 4.69. The third-order valence-electron chi connectivity index (χ3n) is 4.14. The van der Waals surface area contributed by atoms with Crippen molar-refractivity contribution in [2.24, 2.45) is 5.92 Å². The average molecular weight is 441 g/mol. The molecule has 0 aliphatic rings. The Kier molecular flexibility index (Phi) is 7.66. The maximum absolute atomic E-state index is 12.3. The summed E-state index contributed by atoms with van der Waals surface area (Å²) in [6.45, 7) is 6.82. The minimum Gasteiger partial charge on any atom is -0.494 e. The van der Waals surface area contributed by atoms with E-state index in [2.05, 4.69) is 35.2 Å². The Labute approximate surface area is 184 Å². The molecule has 0 saturated carbocycles. The van der Waals surface area contributed by atoms with Crippen molar-refractivity contribution in [2.45, 2.75) is 38.6 Å². The molecule has 1 amide bonds. The first kappa shape index (κ1) is 22.1. The van der Waals surface area contributed by atoms with Crippen LogP contribution < -0.4 is 10.1 Å². The normalized spacial score (nSPS) is 10.9. The van der Waals surface area contributed by atoms with E-state index < -0.39 is 0 Å². The molecule has 0 spiro atoms. The zero-order valence-electron chi connectivity index (χ0n) is 17.3. The fourth-order valence-electron chi connectivity index (χ4n) is 2.84. The fraction of sp³-hybridized carbons (Fsp3) is 0.364. The van der Waals surface area contributed by atoms with Gasteiger partial charge in [-0.3, -0.25) is 4.79 Å². The van der Waals surface area contributed by atoms with Crippen molar-refractivity contribution in [3.05, 3.63) is 41.6 Å². The average Bonchev–Trinajstić information content (AvgIpc) is 3.09. The third kappa shape index (κ3) is 5.94. The molecule has 8 heteroatoms. The van der Waals surface area contributed by atoms with Crippen molar-refractivity contribution in [3.63, 3.8) is 0 Å². The molecule has 0 radical (unpaired) electrons.